The molecule has 17 heavy (non-hydrogen) atoms. The van der Waals surface area contributed by atoms with Crippen molar-refractivity contribution in [2.24, 2.45) is 17.2 Å². The second-order valence-corrected chi connectivity index (χ2v) is 3.94. The molecule has 1 fully saturated rings. The fourth-order valence-corrected chi connectivity index (χ4v) is 1.60. The van der Waals surface area contributed by atoms with Crippen LogP contribution in [0.5, 0.6) is 0 Å². The first-order chi connectivity index (χ1) is 7.95. The summed E-state index contributed by atoms with van der Waals surface area (Å²) in [5.41, 5.74) is 15.8. The zero-order chi connectivity index (χ0) is 13.0. The average Bonchev–Trinajstić information content (AvgIpc) is 2.58. The van der Waals surface area contributed by atoms with Crippen molar-refractivity contribution in [1.29, 1.82) is 0 Å². The summed E-state index contributed by atoms with van der Waals surface area (Å²) < 4.78 is 0. The second-order valence-electron chi connectivity index (χ2n) is 3.94. The maximum absolute atomic E-state index is 11.7. The van der Waals surface area contributed by atoms with Gasteiger partial charge in [0.25, 0.3) is 0 Å². The normalized spacial score (nSPS) is 25.2. The van der Waals surface area contributed by atoms with E-state index >= 15 is 0 Å². The summed E-state index contributed by atoms with van der Waals surface area (Å²) in [7, 11) is 0. The molecule has 1 saturated heterocycles. The number of amides is 3. The third kappa shape index (κ3) is 3.40. The molecule has 0 aliphatic carbocycles. The van der Waals surface area contributed by atoms with E-state index in [1.807, 2.05) is 0 Å². The van der Waals surface area contributed by atoms with E-state index in [0.29, 0.717) is 0 Å². The van der Waals surface area contributed by atoms with E-state index in [4.69, 9.17) is 17.2 Å². The van der Waals surface area contributed by atoms with Gasteiger partial charge in [0.05, 0.1) is 6.04 Å². The molecular formula is C9H17N5O3. The van der Waals surface area contributed by atoms with Crippen LogP contribution in [0, 0.1) is 0 Å². The van der Waals surface area contributed by atoms with Gasteiger partial charge < -0.3 is 27.8 Å². The van der Waals surface area contributed by atoms with Gasteiger partial charge >= 0.3 is 0 Å². The number of nitrogens with two attached hydrogens (primary N) is 3. The molecule has 8 nitrogen and oxygen atoms in total. The van der Waals surface area contributed by atoms with Crippen LogP contribution in [0.4, 0.5) is 0 Å². The molecule has 0 aromatic carbocycles. The minimum atomic E-state index is -0.818. The predicted molar refractivity (Wildman–Crippen MR) is 59.3 cm³/mol. The second kappa shape index (κ2) is 5.60. The number of hydrogen-bond donors (Lipinski definition) is 5. The Morgan fingerprint density at radius 3 is 2.59 bits per heavy atom. The lowest BCUT2D eigenvalue weighted by Gasteiger charge is -2.17. The zero-order valence-electron chi connectivity index (χ0n) is 9.31. The summed E-state index contributed by atoms with van der Waals surface area (Å²) in [6, 6.07) is -2.22. The molecule has 0 bridgehead atoms. The maximum Gasteiger partial charge on any atom is 0.243 e. The van der Waals surface area contributed by atoms with Crippen molar-refractivity contribution in [2.45, 2.75) is 31.0 Å². The van der Waals surface area contributed by atoms with Gasteiger partial charge in [-0.1, -0.05) is 0 Å². The van der Waals surface area contributed by atoms with Crippen LogP contribution in [0.3, 0.4) is 0 Å². The molecule has 0 aromatic rings. The van der Waals surface area contributed by atoms with Crippen LogP contribution >= 0.6 is 0 Å². The van der Waals surface area contributed by atoms with E-state index < -0.39 is 29.9 Å². The molecule has 3 amide bonds. The van der Waals surface area contributed by atoms with Gasteiger partial charge in [-0.25, -0.2) is 0 Å². The zero-order valence-corrected chi connectivity index (χ0v) is 9.31. The minimum Gasteiger partial charge on any atom is -0.368 e. The third-order valence-electron chi connectivity index (χ3n) is 2.57. The van der Waals surface area contributed by atoms with Gasteiger partial charge in [0.1, 0.15) is 12.1 Å². The van der Waals surface area contributed by atoms with Crippen LogP contribution in [0.2, 0.25) is 0 Å². The van der Waals surface area contributed by atoms with E-state index in [2.05, 4.69) is 10.6 Å². The van der Waals surface area contributed by atoms with Crippen LogP contribution in [0.25, 0.3) is 0 Å². The fourth-order valence-electron chi connectivity index (χ4n) is 1.60. The van der Waals surface area contributed by atoms with Crippen LogP contribution in [0.1, 0.15) is 12.8 Å². The van der Waals surface area contributed by atoms with E-state index in [1.54, 1.807) is 0 Å². The lowest BCUT2D eigenvalue weighted by Crippen LogP contribution is -2.51. The van der Waals surface area contributed by atoms with Gasteiger partial charge in [0, 0.05) is 6.42 Å². The maximum atomic E-state index is 11.7. The van der Waals surface area contributed by atoms with Crippen LogP contribution in [-0.4, -0.2) is 42.4 Å². The molecule has 1 heterocycles. The smallest absolute Gasteiger partial charge is 0.243 e. The van der Waals surface area contributed by atoms with Gasteiger partial charge in [-0.3, -0.25) is 14.4 Å². The fraction of sp³-hybridized carbons (Fsp3) is 0.667. The van der Waals surface area contributed by atoms with Crippen molar-refractivity contribution in [2.75, 3.05) is 6.54 Å². The number of hydrogen-bond acceptors (Lipinski definition) is 5. The molecule has 1 aliphatic rings. The monoisotopic (exact) mass is 243 g/mol. The number of carbonyl (C=O) groups is 3. The first-order valence-electron chi connectivity index (χ1n) is 5.31. The standard InChI is InChI=1S/C9H17N5O3/c10-2-1-5(7(12)15)13-9(17)6-3-4(11)8(16)14-6/h4-6H,1-3,10-11H2,(H2,12,15)(H,13,17)(H,14,16)/t4-,5-,6-/m0/s1. The number of primary amides is 1. The number of nitrogens with one attached hydrogen (secondary N) is 2. The van der Waals surface area contributed by atoms with E-state index in [9.17, 15) is 14.4 Å². The first-order valence-corrected chi connectivity index (χ1v) is 5.31. The molecular weight excluding hydrogens is 226 g/mol. The largest absolute Gasteiger partial charge is 0.368 e. The summed E-state index contributed by atoms with van der Waals surface area (Å²) >= 11 is 0. The highest BCUT2D eigenvalue weighted by molar-refractivity contribution is 5.95. The Labute approximate surface area is 98.3 Å². The van der Waals surface area contributed by atoms with Crippen molar-refractivity contribution >= 4 is 17.7 Å². The summed E-state index contributed by atoms with van der Waals surface area (Å²) in [6.45, 7) is 0.227. The summed E-state index contributed by atoms with van der Waals surface area (Å²) in [4.78, 5) is 33.8. The van der Waals surface area contributed by atoms with Gasteiger partial charge in [-0.15, -0.1) is 0 Å². The van der Waals surface area contributed by atoms with Crippen molar-refractivity contribution in [1.82, 2.24) is 10.6 Å². The van der Waals surface area contributed by atoms with E-state index in [0.717, 1.165) is 0 Å². The van der Waals surface area contributed by atoms with Crippen molar-refractivity contribution in [3.63, 3.8) is 0 Å². The average molecular weight is 243 g/mol. The molecule has 0 radical (unpaired) electrons. The molecule has 1 aliphatic heterocycles. The highest BCUT2D eigenvalue weighted by atomic mass is 16.2. The topological polar surface area (TPSA) is 153 Å². The van der Waals surface area contributed by atoms with Crippen molar-refractivity contribution in [3.05, 3.63) is 0 Å². The summed E-state index contributed by atoms with van der Waals surface area (Å²) in [5, 5.41) is 4.87. The van der Waals surface area contributed by atoms with Crippen LogP contribution in [0.15, 0.2) is 0 Å². The highest BCUT2D eigenvalue weighted by Gasteiger charge is 2.34. The Morgan fingerprint density at radius 2 is 2.18 bits per heavy atom. The molecule has 0 aromatic heterocycles. The minimum absolute atomic E-state index is 0.207. The molecule has 1 rings (SSSR count). The molecule has 0 spiro atoms. The summed E-state index contributed by atoms with van der Waals surface area (Å²) in [5.74, 6) is -1.50. The van der Waals surface area contributed by atoms with Gasteiger partial charge in [-0.2, -0.15) is 0 Å². The van der Waals surface area contributed by atoms with Gasteiger partial charge in [-0.05, 0) is 13.0 Å². The third-order valence-corrected chi connectivity index (χ3v) is 2.57. The highest BCUT2D eigenvalue weighted by Crippen LogP contribution is 2.06. The Hall–Kier alpha value is -1.67. The first kappa shape index (κ1) is 13.4. The molecule has 96 valence electrons. The molecule has 8 heteroatoms. The quantitative estimate of drug-likeness (QED) is 0.339. The molecule has 0 saturated carbocycles. The Morgan fingerprint density at radius 1 is 1.53 bits per heavy atom. The van der Waals surface area contributed by atoms with E-state index in [-0.39, 0.29) is 25.3 Å². The molecule has 3 atom stereocenters. The van der Waals surface area contributed by atoms with Crippen LogP contribution < -0.4 is 27.8 Å². The Bertz CT molecular complexity index is 333. The molecule has 8 N–H and O–H groups in total. The lowest BCUT2D eigenvalue weighted by molar-refractivity contribution is -0.129. The van der Waals surface area contributed by atoms with Crippen LogP contribution in [-0.2, 0) is 14.4 Å². The van der Waals surface area contributed by atoms with E-state index in [1.165, 1.54) is 0 Å². The van der Waals surface area contributed by atoms with Gasteiger partial charge in [0.2, 0.25) is 17.7 Å². The van der Waals surface area contributed by atoms with Crippen molar-refractivity contribution in [3.8, 4) is 0 Å². The molecule has 0 unspecified atom stereocenters. The van der Waals surface area contributed by atoms with Crippen molar-refractivity contribution < 1.29 is 14.4 Å². The number of rotatable bonds is 5. The number of carbonyl (C=O) groups excluding carboxylic acids is 3. The predicted octanol–water partition coefficient (Wildman–Crippen LogP) is -3.48. The summed E-state index contributed by atoms with van der Waals surface area (Å²) in [6.07, 6.45) is 0.465. The van der Waals surface area contributed by atoms with Gasteiger partial charge in [0.15, 0.2) is 0 Å². The SMILES string of the molecule is NCC[C@H](NC(=O)[C@@H]1C[C@H](N)C(=O)N1)C(N)=O. The lowest BCUT2D eigenvalue weighted by atomic mass is 10.1. The Kier molecular flexibility index (Phi) is 4.41. The Balaban J connectivity index is 2.53.